The fourth-order valence-electron chi connectivity index (χ4n) is 2.97. The minimum atomic E-state index is -0.647. The Bertz CT molecular complexity index is 1270. The molecular formula is C26H22N4O4. The van der Waals surface area contributed by atoms with Crippen LogP contribution in [-0.2, 0) is 4.79 Å². The first-order chi connectivity index (χ1) is 16.4. The number of carbonyl (C=O) groups excluding carboxylic acids is 2. The van der Waals surface area contributed by atoms with Gasteiger partial charge >= 0.3 is 0 Å². The third-order valence-corrected chi connectivity index (χ3v) is 4.56. The van der Waals surface area contributed by atoms with Crippen LogP contribution in [0.25, 0.3) is 6.08 Å². The summed E-state index contributed by atoms with van der Waals surface area (Å²) in [6, 6.07) is 23.9. The lowest BCUT2D eigenvalue weighted by Gasteiger charge is -2.09. The summed E-state index contributed by atoms with van der Waals surface area (Å²) in [5, 5.41) is 17.4. The van der Waals surface area contributed by atoms with Gasteiger partial charge in [-0.2, -0.15) is 5.10 Å². The second-order valence-electron chi connectivity index (χ2n) is 7.23. The average Bonchev–Trinajstić information content (AvgIpc) is 2.84. The number of benzene rings is 3. The van der Waals surface area contributed by atoms with Crippen molar-refractivity contribution in [1.82, 2.24) is 10.7 Å². The van der Waals surface area contributed by atoms with Crippen molar-refractivity contribution in [2.24, 2.45) is 5.10 Å². The molecule has 0 fully saturated rings. The first-order valence-corrected chi connectivity index (χ1v) is 10.3. The summed E-state index contributed by atoms with van der Waals surface area (Å²) in [5.41, 5.74) is 4.76. The molecule has 170 valence electrons. The lowest BCUT2D eigenvalue weighted by molar-refractivity contribution is -0.384. The molecule has 0 radical (unpaired) electrons. The largest absolute Gasteiger partial charge is 0.317 e. The zero-order valence-electron chi connectivity index (χ0n) is 18.3. The monoisotopic (exact) mass is 454 g/mol. The number of carbonyl (C=O) groups is 2. The van der Waals surface area contributed by atoms with Crippen LogP contribution in [0.4, 0.5) is 5.69 Å². The van der Waals surface area contributed by atoms with E-state index < -0.39 is 16.7 Å². The van der Waals surface area contributed by atoms with Crippen LogP contribution in [0.2, 0.25) is 0 Å². The summed E-state index contributed by atoms with van der Waals surface area (Å²) >= 11 is 0. The molecule has 0 bridgehead atoms. The molecule has 0 aliphatic rings. The van der Waals surface area contributed by atoms with Crippen LogP contribution in [0.3, 0.4) is 0 Å². The van der Waals surface area contributed by atoms with E-state index in [4.69, 9.17) is 0 Å². The Kier molecular flexibility index (Phi) is 8.18. The molecule has 0 heterocycles. The van der Waals surface area contributed by atoms with Gasteiger partial charge in [0.05, 0.1) is 11.1 Å². The van der Waals surface area contributed by atoms with Gasteiger partial charge in [0.25, 0.3) is 17.5 Å². The predicted octanol–water partition coefficient (Wildman–Crippen LogP) is 4.46. The van der Waals surface area contributed by atoms with Crippen LogP contribution in [0.15, 0.2) is 107 Å². The van der Waals surface area contributed by atoms with E-state index in [1.165, 1.54) is 24.4 Å². The highest BCUT2D eigenvalue weighted by Crippen LogP contribution is 2.12. The molecule has 34 heavy (non-hydrogen) atoms. The van der Waals surface area contributed by atoms with E-state index in [1.54, 1.807) is 49.4 Å². The molecule has 3 aromatic carbocycles. The lowest BCUT2D eigenvalue weighted by atomic mass is 10.1. The quantitative estimate of drug-likeness (QED) is 0.172. The maximum Gasteiger partial charge on any atom is 0.287 e. The highest BCUT2D eigenvalue weighted by atomic mass is 16.6. The Balaban J connectivity index is 1.81. The van der Waals surface area contributed by atoms with E-state index in [9.17, 15) is 19.7 Å². The number of hydrogen-bond donors (Lipinski definition) is 2. The second-order valence-corrected chi connectivity index (χ2v) is 7.23. The summed E-state index contributed by atoms with van der Waals surface area (Å²) in [5.74, 6) is -1.09. The average molecular weight is 454 g/mol. The van der Waals surface area contributed by atoms with Crippen molar-refractivity contribution in [3.63, 3.8) is 0 Å². The van der Waals surface area contributed by atoms with Gasteiger partial charge in [-0.15, -0.1) is 0 Å². The van der Waals surface area contributed by atoms with E-state index >= 15 is 0 Å². The first-order valence-electron chi connectivity index (χ1n) is 10.3. The molecule has 3 rings (SSSR count). The number of hydrazone groups is 1. The predicted molar refractivity (Wildman–Crippen MR) is 131 cm³/mol. The zero-order valence-corrected chi connectivity index (χ0v) is 18.3. The Morgan fingerprint density at radius 2 is 1.56 bits per heavy atom. The van der Waals surface area contributed by atoms with Crippen molar-refractivity contribution in [2.45, 2.75) is 6.92 Å². The standard InChI is InChI=1S/C26H22N4O4/c1-19(15-20-9-4-2-5-10-20)16-24(28-25(31)22-12-6-3-7-13-22)26(32)29-27-18-21-11-8-14-23(17-21)30(33)34/h2-18H,1H3,(H,28,31)(H,29,32). The van der Waals surface area contributed by atoms with Gasteiger partial charge in [0.2, 0.25) is 0 Å². The van der Waals surface area contributed by atoms with Crippen LogP contribution in [0, 0.1) is 10.1 Å². The third-order valence-electron chi connectivity index (χ3n) is 4.56. The molecule has 8 heteroatoms. The van der Waals surface area contributed by atoms with Gasteiger partial charge in [-0.05, 0) is 36.3 Å². The Labute approximate surface area is 196 Å². The maximum absolute atomic E-state index is 12.8. The van der Waals surface area contributed by atoms with Crippen LogP contribution in [0.5, 0.6) is 0 Å². The summed E-state index contributed by atoms with van der Waals surface area (Å²) in [6.07, 6.45) is 4.70. The van der Waals surface area contributed by atoms with Crippen molar-refractivity contribution >= 4 is 29.8 Å². The highest BCUT2D eigenvalue weighted by molar-refractivity contribution is 6.03. The van der Waals surface area contributed by atoms with Crippen LogP contribution < -0.4 is 10.7 Å². The molecule has 0 saturated heterocycles. The van der Waals surface area contributed by atoms with Crippen LogP contribution >= 0.6 is 0 Å². The number of hydrogen-bond acceptors (Lipinski definition) is 5. The minimum absolute atomic E-state index is 0.00488. The van der Waals surface area contributed by atoms with E-state index in [0.717, 1.165) is 11.1 Å². The summed E-state index contributed by atoms with van der Waals surface area (Å²) in [4.78, 5) is 35.9. The molecular weight excluding hydrogens is 432 g/mol. The van der Waals surface area contributed by atoms with Crippen molar-refractivity contribution in [2.75, 3.05) is 0 Å². The number of nitro groups is 1. The summed E-state index contributed by atoms with van der Waals surface area (Å²) in [7, 11) is 0. The number of non-ortho nitro benzene ring substituents is 1. The fraction of sp³-hybridized carbons (Fsp3) is 0.0385. The number of amides is 2. The van der Waals surface area contributed by atoms with Crippen molar-refractivity contribution < 1.29 is 14.5 Å². The molecule has 0 aliphatic heterocycles. The minimum Gasteiger partial charge on any atom is -0.317 e. The molecule has 0 aliphatic carbocycles. The van der Waals surface area contributed by atoms with Gasteiger partial charge in [0.15, 0.2) is 0 Å². The third kappa shape index (κ3) is 7.10. The van der Waals surface area contributed by atoms with Gasteiger partial charge in [-0.25, -0.2) is 5.43 Å². The molecule has 0 aromatic heterocycles. The number of nitrogens with one attached hydrogen (secondary N) is 2. The van der Waals surface area contributed by atoms with Gasteiger partial charge in [0, 0.05) is 23.3 Å². The lowest BCUT2D eigenvalue weighted by Crippen LogP contribution is -2.33. The van der Waals surface area contributed by atoms with Crippen molar-refractivity contribution in [3.8, 4) is 0 Å². The number of rotatable bonds is 8. The van der Waals surface area contributed by atoms with Crippen molar-refractivity contribution in [3.05, 3.63) is 129 Å². The van der Waals surface area contributed by atoms with Crippen LogP contribution in [0.1, 0.15) is 28.4 Å². The molecule has 2 amide bonds. The van der Waals surface area contributed by atoms with Crippen molar-refractivity contribution in [1.29, 1.82) is 0 Å². The second kappa shape index (κ2) is 11.7. The molecule has 0 atom stereocenters. The normalized spacial score (nSPS) is 11.8. The smallest absolute Gasteiger partial charge is 0.287 e. The van der Waals surface area contributed by atoms with E-state index in [-0.39, 0.29) is 11.4 Å². The summed E-state index contributed by atoms with van der Waals surface area (Å²) in [6.45, 7) is 1.81. The van der Waals surface area contributed by atoms with E-state index in [0.29, 0.717) is 11.1 Å². The van der Waals surface area contributed by atoms with Crippen LogP contribution in [-0.4, -0.2) is 23.0 Å². The fourth-order valence-corrected chi connectivity index (χ4v) is 2.97. The molecule has 0 unspecified atom stereocenters. The number of nitrogens with zero attached hydrogens (tertiary/aromatic N) is 2. The number of nitro benzene ring substituents is 1. The Morgan fingerprint density at radius 1 is 0.912 bits per heavy atom. The topological polar surface area (TPSA) is 114 Å². The zero-order chi connectivity index (χ0) is 24.3. The molecule has 2 N–H and O–H groups in total. The van der Waals surface area contributed by atoms with Gasteiger partial charge in [-0.1, -0.05) is 66.7 Å². The molecule has 3 aromatic rings. The van der Waals surface area contributed by atoms with Gasteiger partial charge < -0.3 is 5.32 Å². The SMILES string of the molecule is CC(=Cc1ccccc1)C=C(NC(=O)c1ccccc1)C(=O)NN=Cc1cccc([N+](=O)[O-])c1. The first kappa shape index (κ1) is 23.8. The summed E-state index contributed by atoms with van der Waals surface area (Å²) < 4.78 is 0. The Hall–Kier alpha value is -4.85. The van der Waals surface area contributed by atoms with Gasteiger partial charge in [-0.3, -0.25) is 19.7 Å². The Morgan fingerprint density at radius 3 is 2.24 bits per heavy atom. The molecule has 0 spiro atoms. The maximum atomic E-state index is 12.8. The van der Waals surface area contributed by atoms with Gasteiger partial charge in [0.1, 0.15) is 5.70 Å². The van der Waals surface area contributed by atoms with E-state index in [2.05, 4.69) is 15.8 Å². The number of allylic oxidation sites excluding steroid dienone is 2. The highest BCUT2D eigenvalue weighted by Gasteiger charge is 2.14. The molecule has 0 saturated carbocycles. The van der Waals surface area contributed by atoms with E-state index in [1.807, 2.05) is 36.4 Å². The molecule has 8 nitrogen and oxygen atoms in total.